The Hall–Kier alpha value is -4.45. The van der Waals surface area contributed by atoms with Gasteiger partial charge in [-0.15, -0.1) is 0 Å². The third kappa shape index (κ3) is 8.27. The molecule has 1 saturated heterocycles. The van der Waals surface area contributed by atoms with Crippen molar-refractivity contribution < 1.29 is 19.2 Å². The maximum absolute atomic E-state index is 13.8. The number of nitrogens with zero attached hydrogens (tertiary/aromatic N) is 2. The Morgan fingerprint density at radius 3 is 2.15 bits per heavy atom. The number of likely N-dealkylation sites (N-methyl/N-ethyl adjacent to an activating group) is 1. The van der Waals surface area contributed by atoms with Crippen LogP contribution in [-0.2, 0) is 32.0 Å². The van der Waals surface area contributed by atoms with Crippen LogP contribution in [0, 0.1) is 0 Å². The average Bonchev–Trinajstić information content (AvgIpc) is 3.43. The Balaban J connectivity index is 1.78. The number of hydrogen-bond donors (Lipinski definition) is 6. The Morgan fingerprint density at radius 2 is 1.55 bits per heavy atom. The van der Waals surface area contributed by atoms with Crippen LogP contribution in [0.1, 0.15) is 30.9 Å². The Bertz CT molecular complexity index is 1210. The van der Waals surface area contributed by atoms with Crippen molar-refractivity contribution in [2.24, 2.45) is 22.2 Å². The molecule has 12 nitrogen and oxygen atoms in total. The van der Waals surface area contributed by atoms with Gasteiger partial charge in [0.1, 0.15) is 18.1 Å². The van der Waals surface area contributed by atoms with Crippen molar-refractivity contribution in [3.05, 3.63) is 65.7 Å². The monoisotopic (exact) mass is 550 g/mol. The summed E-state index contributed by atoms with van der Waals surface area (Å²) in [4.78, 5) is 57.5. The molecule has 214 valence electrons. The first-order chi connectivity index (χ1) is 19.1. The van der Waals surface area contributed by atoms with E-state index in [1.807, 2.05) is 30.3 Å². The number of carbonyl (C=O) groups excluding carboxylic acids is 4. The van der Waals surface area contributed by atoms with E-state index in [1.165, 1.54) is 4.90 Å². The van der Waals surface area contributed by atoms with E-state index in [0.717, 1.165) is 11.1 Å². The molecule has 12 heteroatoms. The van der Waals surface area contributed by atoms with Crippen LogP contribution >= 0.6 is 0 Å². The molecule has 40 heavy (non-hydrogen) atoms. The SMILES string of the molecule is CN[C@@H](C)C(=O)N[C@@H](Cc1ccc(N=C(N)N)cc1)C(=O)N1CCC[C@H]1C(=O)N[C@@H](Cc1ccccc1)C(N)=O. The molecule has 1 heterocycles. The van der Waals surface area contributed by atoms with E-state index in [9.17, 15) is 19.2 Å². The van der Waals surface area contributed by atoms with Crippen molar-refractivity contribution in [2.45, 2.75) is 56.8 Å². The van der Waals surface area contributed by atoms with Gasteiger partial charge in [-0.25, -0.2) is 4.99 Å². The zero-order chi connectivity index (χ0) is 29.2. The molecule has 0 spiro atoms. The molecule has 0 saturated carbocycles. The smallest absolute Gasteiger partial charge is 0.246 e. The van der Waals surface area contributed by atoms with E-state index in [4.69, 9.17) is 17.2 Å². The van der Waals surface area contributed by atoms with Gasteiger partial charge in [-0.05, 0) is 50.1 Å². The minimum atomic E-state index is -0.929. The lowest BCUT2D eigenvalue weighted by Crippen LogP contribution is -2.57. The fourth-order valence-corrected chi connectivity index (χ4v) is 4.56. The van der Waals surface area contributed by atoms with Crippen LogP contribution in [0.2, 0.25) is 0 Å². The van der Waals surface area contributed by atoms with Gasteiger partial charge >= 0.3 is 0 Å². The van der Waals surface area contributed by atoms with Crippen LogP contribution < -0.4 is 33.2 Å². The van der Waals surface area contributed by atoms with Crippen molar-refractivity contribution >= 4 is 35.3 Å². The van der Waals surface area contributed by atoms with Gasteiger partial charge < -0.3 is 38.1 Å². The maximum Gasteiger partial charge on any atom is 0.246 e. The zero-order valence-corrected chi connectivity index (χ0v) is 22.8. The molecule has 0 aliphatic carbocycles. The van der Waals surface area contributed by atoms with Gasteiger partial charge in [0.05, 0.1) is 11.7 Å². The quantitative estimate of drug-likeness (QED) is 0.150. The molecular weight excluding hydrogens is 512 g/mol. The first-order valence-electron chi connectivity index (χ1n) is 13.2. The summed E-state index contributed by atoms with van der Waals surface area (Å²) in [6.45, 7) is 2.03. The molecule has 0 unspecified atom stereocenters. The highest BCUT2D eigenvalue weighted by molar-refractivity contribution is 5.95. The summed E-state index contributed by atoms with van der Waals surface area (Å²) in [7, 11) is 1.65. The molecule has 2 aromatic carbocycles. The topological polar surface area (TPSA) is 198 Å². The lowest BCUT2D eigenvalue weighted by atomic mass is 10.0. The van der Waals surface area contributed by atoms with E-state index >= 15 is 0 Å². The average molecular weight is 551 g/mol. The summed E-state index contributed by atoms with van der Waals surface area (Å²) < 4.78 is 0. The van der Waals surface area contributed by atoms with E-state index in [2.05, 4.69) is 20.9 Å². The summed E-state index contributed by atoms with van der Waals surface area (Å²) in [5, 5.41) is 8.42. The van der Waals surface area contributed by atoms with Gasteiger partial charge in [0.2, 0.25) is 23.6 Å². The van der Waals surface area contributed by atoms with Crippen molar-refractivity contribution in [3.8, 4) is 0 Å². The van der Waals surface area contributed by atoms with Gasteiger partial charge in [0.25, 0.3) is 0 Å². The molecule has 4 atom stereocenters. The van der Waals surface area contributed by atoms with Gasteiger partial charge in [0.15, 0.2) is 5.96 Å². The van der Waals surface area contributed by atoms with Crippen LogP contribution in [0.5, 0.6) is 0 Å². The number of nitrogens with one attached hydrogen (secondary N) is 3. The second kappa shape index (κ2) is 14.1. The first-order valence-corrected chi connectivity index (χ1v) is 13.2. The Labute approximate surface area is 233 Å². The van der Waals surface area contributed by atoms with Crippen molar-refractivity contribution in [1.29, 1.82) is 0 Å². The highest BCUT2D eigenvalue weighted by Gasteiger charge is 2.39. The largest absolute Gasteiger partial charge is 0.370 e. The molecule has 3 rings (SSSR count). The van der Waals surface area contributed by atoms with Crippen LogP contribution in [0.15, 0.2) is 59.6 Å². The molecule has 2 aromatic rings. The first kappa shape index (κ1) is 30.1. The summed E-state index contributed by atoms with van der Waals surface area (Å²) in [6, 6.07) is 13.0. The fraction of sp³-hybridized carbons (Fsp3) is 0.393. The minimum Gasteiger partial charge on any atom is -0.370 e. The standard InChI is InChI=1S/C28H38N8O4/c1-17(32-2)25(38)35-22(16-19-10-12-20(13-11-19)33-28(30)31)27(40)36-14-6-9-23(36)26(39)34-21(24(29)37)15-18-7-4-3-5-8-18/h3-5,7-8,10-13,17,21-23,32H,6,9,14-16H2,1-2H3,(H2,29,37)(H,34,39)(H,35,38)(H4,30,31,33)/t17-,21-,22-,23-/m0/s1. The van der Waals surface area contributed by atoms with Crippen molar-refractivity contribution in [1.82, 2.24) is 20.9 Å². The van der Waals surface area contributed by atoms with Gasteiger partial charge in [-0.2, -0.15) is 0 Å². The molecule has 1 aliphatic rings. The lowest BCUT2D eigenvalue weighted by molar-refractivity contribution is -0.142. The van der Waals surface area contributed by atoms with Crippen LogP contribution in [0.3, 0.4) is 0 Å². The van der Waals surface area contributed by atoms with Crippen LogP contribution in [0.25, 0.3) is 0 Å². The highest BCUT2D eigenvalue weighted by Crippen LogP contribution is 2.21. The molecule has 0 aromatic heterocycles. The van der Waals surface area contributed by atoms with Gasteiger partial charge in [0, 0.05) is 19.4 Å². The second-order valence-corrected chi connectivity index (χ2v) is 9.82. The molecule has 1 aliphatic heterocycles. The van der Waals surface area contributed by atoms with E-state index < -0.39 is 36.0 Å². The summed E-state index contributed by atoms with van der Waals surface area (Å²) >= 11 is 0. The van der Waals surface area contributed by atoms with E-state index in [1.54, 1.807) is 38.2 Å². The number of hydrogen-bond acceptors (Lipinski definition) is 6. The second-order valence-electron chi connectivity index (χ2n) is 9.82. The van der Waals surface area contributed by atoms with Crippen LogP contribution in [-0.4, -0.2) is 72.2 Å². The number of nitrogens with two attached hydrogens (primary N) is 3. The number of benzene rings is 2. The number of primary amides is 1. The number of guanidine groups is 1. The van der Waals surface area contributed by atoms with E-state index in [-0.39, 0.29) is 30.6 Å². The number of carbonyl (C=O) groups is 4. The van der Waals surface area contributed by atoms with Crippen molar-refractivity contribution in [3.63, 3.8) is 0 Å². The number of amides is 4. The van der Waals surface area contributed by atoms with Gasteiger partial charge in [-0.1, -0.05) is 42.5 Å². The fourth-order valence-electron chi connectivity index (χ4n) is 4.56. The molecule has 0 bridgehead atoms. The highest BCUT2D eigenvalue weighted by atomic mass is 16.2. The Kier molecular flexibility index (Phi) is 10.6. The lowest BCUT2D eigenvalue weighted by Gasteiger charge is -2.30. The molecule has 1 fully saturated rings. The zero-order valence-electron chi connectivity index (χ0n) is 22.8. The van der Waals surface area contributed by atoms with Crippen LogP contribution in [0.4, 0.5) is 5.69 Å². The van der Waals surface area contributed by atoms with Crippen molar-refractivity contribution in [2.75, 3.05) is 13.6 Å². The molecular formula is C28H38N8O4. The molecule has 0 radical (unpaired) electrons. The Morgan fingerprint density at radius 1 is 0.925 bits per heavy atom. The maximum atomic E-state index is 13.8. The number of rotatable bonds is 12. The van der Waals surface area contributed by atoms with E-state index in [0.29, 0.717) is 25.1 Å². The minimum absolute atomic E-state index is 0.0742. The number of likely N-dealkylation sites (tertiary alicyclic amines) is 1. The summed E-state index contributed by atoms with van der Waals surface area (Å²) in [6.07, 6.45) is 1.45. The number of aliphatic imine (C=N–C) groups is 1. The summed E-state index contributed by atoms with van der Waals surface area (Å²) in [5.74, 6) is -1.93. The predicted octanol–water partition coefficient (Wildman–Crippen LogP) is -0.569. The third-order valence-corrected chi connectivity index (χ3v) is 6.86. The normalized spacial score (nSPS) is 16.9. The molecule has 9 N–H and O–H groups in total. The molecule has 4 amide bonds. The summed E-state index contributed by atoms with van der Waals surface area (Å²) in [5.41, 5.74) is 18.6. The third-order valence-electron chi connectivity index (χ3n) is 6.86. The predicted molar refractivity (Wildman–Crippen MR) is 152 cm³/mol. The van der Waals surface area contributed by atoms with Gasteiger partial charge in [-0.3, -0.25) is 19.2 Å².